The number of oxazole rings is 1. The second kappa shape index (κ2) is 9.21. The number of aryl methyl sites for hydroxylation is 2. The number of methoxy groups -OCH3 is 3. The van der Waals surface area contributed by atoms with Crippen LogP contribution < -0.4 is 19.8 Å². The van der Waals surface area contributed by atoms with Crippen LogP contribution in [0, 0.1) is 13.8 Å². The molecule has 10 nitrogen and oxygen atoms in total. The van der Waals surface area contributed by atoms with Gasteiger partial charge in [0, 0.05) is 11.6 Å². The molecule has 3 aromatic heterocycles. The first kappa shape index (κ1) is 23.2. The van der Waals surface area contributed by atoms with Crippen molar-refractivity contribution in [3.8, 4) is 40.0 Å². The zero-order valence-corrected chi connectivity index (χ0v) is 20.5. The Kier molecular flexibility index (Phi) is 5.93. The Morgan fingerprint density at radius 1 is 0.944 bits per heavy atom. The van der Waals surface area contributed by atoms with Crippen LogP contribution in [-0.2, 0) is 6.54 Å². The van der Waals surface area contributed by atoms with E-state index in [-0.39, 0.29) is 17.6 Å². The summed E-state index contributed by atoms with van der Waals surface area (Å²) < 4.78 is 28.7. The maximum atomic E-state index is 13.3. The average Bonchev–Trinajstić information content (AvgIpc) is 3.47. The molecule has 0 aliphatic carbocycles. The highest BCUT2D eigenvalue weighted by Gasteiger charge is 2.22. The minimum absolute atomic E-state index is 0.0749. The van der Waals surface area contributed by atoms with E-state index in [0.717, 1.165) is 5.56 Å². The number of hydrogen-bond donors (Lipinski definition) is 0. The molecule has 5 rings (SSSR count). The van der Waals surface area contributed by atoms with E-state index in [1.54, 1.807) is 47.3 Å². The number of rotatable bonds is 7. The van der Waals surface area contributed by atoms with Crippen LogP contribution in [0.5, 0.6) is 17.2 Å². The van der Waals surface area contributed by atoms with Crippen LogP contribution in [0.2, 0.25) is 0 Å². The predicted molar refractivity (Wildman–Crippen MR) is 132 cm³/mol. The number of ether oxygens (including phenoxy) is 3. The molecule has 0 atom stereocenters. The van der Waals surface area contributed by atoms with E-state index in [4.69, 9.17) is 23.2 Å². The second-order valence-electron chi connectivity index (χ2n) is 8.09. The smallest absolute Gasteiger partial charge is 0.297 e. The van der Waals surface area contributed by atoms with Gasteiger partial charge in [0.2, 0.25) is 5.89 Å². The molecule has 184 valence electrons. The third kappa shape index (κ3) is 3.96. The van der Waals surface area contributed by atoms with Gasteiger partial charge in [0.15, 0.2) is 5.52 Å². The first-order chi connectivity index (χ1) is 17.4. The van der Waals surface area contributed by atoms with E-state index in [2.05, 4.69) is 15.2 Å². The minimum atomic E-state index is -0.389. The van der Waals surface area contributed by atoms with Crippen LogP contribution in [0.1, 0.15) is 17.2 Å². The van der Waals surface area contributed by atoms with Crippen molar-refractivity contribution in [1.82, 2.24) is 19.9 Å². The van der Waals surface area contributed by atoms with Gasteiger partial charge in [-0.25, -0.2) is 9.67 Å². The van der Waals surface area contributed by atoms with E-state index < -0.39 is 0 Å². The van der Waals surface area contributed by atoms with Gasteiger partial charge >= 0.3 is 0 Å². The highest BCUT2D eigenvalue weighted by atomic mass is 16.5. The predicted octanol–water partition coefficient (Wildman–Crippen LogP) is 4.40. The fraction of sp³-hybridized carbons (Fsp3) is 0.231. The highest BCUT2D eigenvalue weighted by molar-refractivity contribution is 5.93. The van der Waals surface area contributed by atoms with Gasteiger partial charge in [0.05, 0.1) is 38.8 Å². The fourth-order valence-corrected chi connectivity index (χ4v) is 4.02. The molecule has 0 bridgehead atoms. The van der Waals surface area contributed by atoms with E-state index in [1.165, 1.54) is 4.68 Å². The van der Waals surface area contributed by atoms with Crippen LogP contribution in [0.4, 0.5) is 0 Å². The van der Waals surface area contributed by atoms with Gasteiger partial charge in [0.25, 0.3) is 5.56 Å². The lowest BCUT2D eigenvalue weighted by molar-refractivity contribution is 0.394. The molecule has 0 spiro atoms. The lowest BCUT2D eigenvalue weighted by Gasteiger charge is -2.09. The zero-order valence-electron chi connectivity index (χ0n) is 20.5. The summed E-state index contributed by atoms with van der Waals surface area (Å²) in [5, 5.41) is 9.25. The number of hydrogen-bond acceptors (Lipinski definition) is 9. The standard InChI is InChI=1S/C26H24N4O6/c1-14-20(27-25(35-14)19-10-9-18(33-4)12-21(19)34-5)13-30-26(31)24-22(15(2)36-29-24)23(28-30)16-7-6-8-17(11-16)32-3/h6-12H,13H2,1-5H3. The average molecular weight is 489 g/mol. The second-order valence-corrected chi connectivity index (χ2v) is 8.09. The molecule has 36 heavy (non-hydrogen) atoms. The number of nitrogens with zero attached hydrogens (tertiary/aromatic N) is 4. The summed E-state index contributed by atoms with van der Waals surface area (Å²) in [4.78, 5) is 17.9. The fourth-order valence-electron chi connectivity index (χ4n) is 4.02. The summed E-state index contributed by atoms with van der Waals surface area (Å²) in [5.41, 5.74) is 2.33. The largest absolute Gasteiger partial charge is 0.497 e. The molecular weight excluding hydrogens is 464 g/mol. The van der Waals surface area contributed by atoms with Crippen molar-refractivity contribution >= 4 is 10.9 Å². The summed E-state index contributed by atoms with van der Waals surface area (Å²) in [6, 6.07) is 12.8. The van der Waals surface area contributed by atoms with E-state index in [0.29, 0.717) is 57.0 Å². The SMILES string of the molecule is COc1cccc(-c2nn(Cc3nc(-c4ccc(OC)cc4OC)oc3C)c(=O)c3noc(C)c23)c1. The highest BCUT2D eigenvalue weighted by Crippen LogP contribution is 2.34. The minimum Gasteiger partial charge on any atom is -0.497 e. The Bertz CT molecular complexity index is 1630. The zero-order chi connectivity index (χ0) is 25.4. The molecule has 0 aliphatic heterocycles. The van der Waals surface area contributed by atoms with Crippen molar-refractivity contribution in [2.75, 3.05) is 21.3 Å². The first-order valence-electron chi connectivity index (χ1n) is 11.1. The van der Waals surface area contributed by atoms with Gasteiger partial charge in [-0.3, -0.25) is 4.79 Å². The lowest BCUT2D eigenvalue weighted by Crippen LogP contribution is -2.25. The maximum Gasteiger partial charge on any atom is 0.297 e. The molecule has 0 N–H and O–H groups in total. The lowest BCUT2D eigenvalue weighted by atomic mass is 10.1. The van der Waals surface area contributed by atoms with Gasteiger partial charge in [-0.2, -0.15) is 5.10 Å². The molecular formula is C26H24N4O6. The van der Waals surface area contributed by atoms with Crippen LogP contribution >= 0.6 is 0 Å². The Hall–Kier alpha value is -4.60. The Morgan fingerprint density at radius 3 is 2.47 bits per heavy atom. The van der Waals surface area contributed by atoms with Crippen LogP contribution in [-0.4, -0.2) is 41.3 Å². The molecule has 0 saturated carbocycles. The third-order valence-corrected chi connectivity index (χ3v) is 5.93. The monoisotopic (exact) mass is 488 g/mol. The number of aromatic nitrogens is 4. The van der Waals surface area contributed by atoms with Gasteiger partial charge in [0.1, 0.15) is 40.2 Å². The van der Waals surface area contributed by atoms with Crippen molar-refractivity contribution in [3.05, 3.63) is 70.0 Å². The summed E-state index contributed by atoms with van der Waals surface area (Å²) in [6.07, 6.45) is 0. The van der Waals surface area contributed by atoms with Crippen molar-refractivity contribution in [2.24, 2.45) is 0 Å². The van der Waals surface area contributed by atoms with Crippen LogP contribution in [0.3, 0.4) is 0 Å². The van der Waals surface area contributed by atoms with Crippen molar-refractivity contribution < 1.29 is 23.2 Å². The molecule has 5 aromatic rings. The third-order valence-electron chi connectivity index (χ3n) is 5.93. The maximum absolute atomic E-state index is 13.3. The Balaban J connectivity index is 1.60. The van der Waals surface area contributed by atoms with Gasteiger partial charge < -0.3 is 23.2 Å². The van der Waals surface area contributed by atoms with Crippen molar-refractivity contribution in [1.29, 1.82) is 0 Å². The normalized spacial score (nSPS) is 11.1. The molecule has 10 heteroatoms. The molecule has 0 amide bonds. The van der Waals surface area contributed by atoms with Gasteiger partial charge in [-0.1, -0.05) is 17.3 Å². The summed E-state index contributed by atoms with van der Waals surface area (Å²) in [7, 11) is 4.74. The van der Waals surface area contributed by atoms with Gasteiger partial charge in [-0.15, -0.1) is 0 Å². The quantitative estimate of drug-likeness (QED) is 0.329. The van der Waals surface area contributed by atoms with Crippen molar-refractivity contribution in [3.63, 3.8) is 0 Å². The molecule has 2 aromatic carbocycles. The first-order valence-corrected chi connectivity index (χ1v) is 11.1. The molecule has 3 heterocycles. The topological polar surface area (TPSA) is 115 Å². The summed E-state index contributed by atoms with van der Waals surface area (Å²) in [5.74, 6) is 3.29. The Labute approximate surface area is 206 Å². The summed E-state index contributed by atoms with van der Waals surface area (Å²) in [6.45, 7) is 3.61. The summed E-state index contributed by atoms with van der Waals surface area (Å²) >= 11 is 0. The molecule has 0 fully saturated rings. The van der Waals surface area contributed by atoms with E-state index in [9.17, 15) is 4.79 Å². The number of fused-ring (bicyclic) bond motifs is 1. The molecule has 0 aliphatic rings. The van der Waals surface area contributed by atoms with Crippen molar-refractivity contribution in [2.45, 2.75) is 20.4 Å². The Morgan fingerprint density at radius 2 is 1.72 bits per heavy atom. The van der Waals surface area contributed by atoms with E-state index >= 15 is 0 Å². The van der Waals surface area contributed by atoms with Gasteiger partial charge in [-0.05, 0) is 38.1 Å². The molecule has 0 radical (unpaired) electrons. The molecule has 0 unspecified atom stereocenters. The molecule has 0 saturated heterocycles. The van der Waals surface area contributed by atoms with Crippen LogP contribution in [0.15, 0.2) is 56.2 Å². The number of benzene rings is 2. The van der Waals surface area contributed by atoms with E-state index in [1.807, 2.05) is 30.3 Å². The van der Waals surface area contributed by atoms with Crippen LogP contribution in [0.25, 0.3) is 33.6 Å².